The largest absolute Gasteiger partial charge is 0.493 e. The van der Waals surface area contributed by atoms with Crippen molar-refractivity contribution in [1.82, 2.24) is 0 Å². The molecule has 4 heteroatoms. The van der Waals surface area contributed by atoms with Gasteiger partial charge in [0.1, 0.15) is 11.6 Å². The third-order valence-corrected chi connectivity index (χ3v) is 2.43. The average Bonchev–Trinajstić information content (AvgIpc) is 2.11. The molecule has 0 aliphatic rings. The van der Waals surface area contributed by atoms with E-state index < -0.39 is 0 Å². The lowest BCUT2D eigenvalue weighted by molar-refractivity contribution is 0.308. The van der Waals surface area contributed by atoms with Gasteiger partial charge in [0.25, 0.3) is 0 Å². The number of hydrogen-bond donors (Lipinski definition) is 1. The van der Waals surface area contributed by atoms with E-state index in [1.165, 1.54) is 12.1 Å². The van der Waals surface area contributed by atoms with Crippen LogP contribution in [0.15, 0.2) is 22.7 Å². The van der Waals surface area contributed by atoms with Gasteiger partial charge in [-0.25, -0.2) is 4.39 Å². The smallest absolute Gasteiger partial charge is 0.128 e. The molecule has 0 bridgehead atoms. The van der Waals surface area contributed by atoms with Crippen molar-refractivity contribution in [3.63, 3.8) is 0 Å². The SMILES string of the molecule is Fc1cc(Br)cc(OCCCCS)c1. The number of benzene rings is 1. The van der Waals surface area contributed by atoms with Crippen molar-refractivity contribution in [2.75, 3.05) is 12.4 Å². The standard InChI is InChI=1S/C10H12BrFOS/c11-8-5-9(12)7-10(6-8)13-3-1-2-4-14/h5-7,14H,1-4H2. The Bertz CT molecular complexity index is 273. The maximum Gasteiger partial charge on any atom is 0.128 e. The summed E-state index contributed by atoms with van der Waals surface area (Å²) in [5, 5.41) is 0. The van der Waals surface area contributed by atoms with E-state index in [4.69, 9.17) is 4.74 Å². The first-order valence-electron chi connectivity index (χ1n) is 4.42. The molecule has 0 aliphatic carbocycles. The van der Waals surface area contributed by atoms with Crippen LogP contribution in [0.25, 0.3) is 0 Å². The fourth-order valence-electron chi connectivity index (χ4n) is 1.02. The summed E-state index contributed by atoms with van der Waals surface area (Å²) in [4.78, 5) is 0. The molecule has 0 aliphatic heterocycles. The molecule has 14 heavy (non-hydrogen) atoms. The van der Waals surface area contributed by atoms with Gasteiger partial charge in [0.2, 0.25) is 0 Å². The van der Waals surface area contributed by atoms with Crippen LogP contribution in [0.3, 0.4) is 0 Å². The van der Waals surface area contributed by atoms with Gasteiger partial charge < -0.3 is 4.74 Å². The predicted molar refractivity (Wildman–Crippen MR) is 62.7 cm³/mol. The third kappa shape index (κ3) is 4.33. The summed E-state index contributed by atoms with van der Waals surface area (Å²) < 4.78 is 18.9. The quantitative estimate of drug-likeness (QED) is 0.639. The van der Waals surface area contributed by atoms with Crippen LogP contribution in [-0.4, -0.2) is 12.4 Å². The predicted octanol–water partition coefficient (Wildman–Crippen LogP) is 3.68. The Morgan fingerprint density at radius 2 is 2.07 bits per heavy atom. The molecule has 0 unspecified atom stereocenters. The van der Waals surface area contributed by atoms with Crippen LogP contribution in [-0.2, 0) is 0 Å². The van der Waals surface area contributed by atoms with Crippen molar-refractivity contribution in [2.24, 2.45) is 0 Å². The van der Waals surface area contributed by atoms with Gasteiger partial charge in [0, 0.05) is 10.5 Å². The second kappa shape index (κ2) is 6.30. The van der Waals surface area contributed by atoms with E-state index in [-0.39, 0.29) is 5.82 Å². The summed E-state index contributed by atoms with van der Waals surface area (Å²) in [6, 6.07) is 4.54. The molecule has 0 amide bonds. The molecule has 0 spiro atoms. The Morgan fingerprint density at radius 3 is 2.71 bits per heavy atom. The molecular weight excluding hydrogens is 267 g/mol. The first-order valence-corrected chi connectivity index (χ1v) is 5.84. The summed E-state index contributed by atoms with van der Waals surface area (Å²) in [5.41, 5.74) is 0. The van der Waals surface area contributed by atoms with Gasteiger partial charge in [-0.05, 0) is 30.7 Å². The van der Waals surface area contributed by atoms with Gasteiger partial charge in [0.15, 0.2) is 0 Å². The molecule has 0 aromatic heterocycles. The molecule has 78 valence electrons. The van der Waals surface area contributed by atoms with Crippen LogP contribution in [0.2, 0.25) is 0 Å². The maximum absolute atomic E-state index is 12.9. The highest BCUT2D eigenvalue weighted by atomic mass is 79.9. The number of hydrogen-bond acceptors (Lipinski definition) is 2. The van der Waals surface area contributed by atoms with E-state index in [9.17, 15) is 4.39 Å². The van der Waals surface area contributed by atoms with Crippen LogP contribution in [0.5, 0.6) is 5.75 Å². The average molecular weight is 279 g/mol. The van der Waals surface area contributed by atoms with Crippen LogP contribution < -0.4 is 4.74 Å². The summed E-state index contributed by atoms with van der Waals surface area (Å²) in [6.07, 6.45) is 1.96. The minimum Gasteiger partial charge on any atom is -0.493 e. The first kappa shape index (κ1) is 11.9. The molecule has 1 nitrogen and oxygen atoms in total. The molecule has 0 heterocycles. The monoisotopic (exact) mass is 278 g/mol. The van der Waals surface area contributed by atoms with E-state index >= 15 is 0 Å². The molecule has 1 aromatic rings. The molecule has 0 saturated carbocycles. The van der Waals surface area contributed by atoms with Crippen LogP contribution in [0.4, 0.5) is 4.39 Å². The van der Waals surface area contributed by atoms with Gasteiger partial charge in [-0.15, -0.1) is 0 Å². The number of halogens is 2. The molecule has 1 rings (SSSR count). The number of unbranched alkanes of at least 4 members (excludes halogenated alkanes) is 1. The van der Waals surface area contributed by atoms with Crippen molar-refractivity contribution in [3.05, 3.63) is 28.5 Å². The highest BCUT2D eigenvalue weighted by Gasteiger charge is 1.99. The van der Waals surface area contributed by atoms with E-state index in [1.807, 2.05) is 0 Å². The second-order valence-electron chi connectivity index (χ2n) is 2.88. The lowest BCUT2D eigenvalue weighted by Crippen LogP contribution is -1.97. The fraction of sp³-hybridized carbons (Fsp3) is 0.400. The normalized spacial score (nSPS) is 10.2. The van der Waals surface area contributed by atoms with Crippen LogP contribution in [0.1, 0.15) is 12.8 Å². The second-order valence-corrected chi connectivity index (χ2v) is 4.25. The molecular formula is C10H12BrFOS. The Morgan fingerprint density at radius 1 is 1.29 bits per heavy atom. The zero-order valence-electron chi connectivity index (χ0n) is 7.67. The molecule has 0 saturated heterocycles. The van der Waals surface area contributed by atoms with Gasteiger partial charge in [0.05, 0.1) is 6.61 Å². The van der Waals surface area contributed by atoms with Gasteiger partial charge in [-0.3, -0.25) is 0 Å². The summed E-state index contributed by atoms with van der Waals surface area (Å²) in [5.74, 6) is 1.13. The first-order chi connectivity index (χ1) is 6.72. The van der Waals surface area contributed by atoms with Gasteiger partial charge in [-0.1, -0.05) is 15.9 Å². The minimum atomic E-state index is -0.288. The maximum atomic E-state index is 12.9. The topological polar surface area (TPSA) is 9.23 Å². The van der Waals surface area contributed by atoms with Crippen molar-refractivity contribution in [3.8, 4) is 5.75 Å². The van der Waals surface area contributed by atoms with Crippen LogP contribution >= 0.6 is 28.6 Å². The Labute approximate surface area is 97.2 Å². The molecule has 0 fully saturated rings. The van der Waals surface area contributed by atoms with Crippen molar-refractivity contribution < 1.29 is 9.13 Å². The summed E-state index contributed by atoms with van der Waals surface area (Å²) in [6.45, 7) is 0.608. The molecule has 1 aromatic carbocycles. The molecule has 0 atom stereocenters. The Kier molecular flexibility index (Phi) is 5.33. The van der Waals surface area contributed by atoms with Crippen molar-refractivity contribution in [1.29, 1.82) is 0 Å². The van der Waals surface area contributed by atoms with E-state index in [0.29, 0.717) is 16.8 Å². The Balaban J connectivity index is 2.42. The van der Waals surface area contributed by atoms with E-state index in [2.05, 4.69) is 28.6 Å². The van der Waals surface area contributed by atoms with E-state index in [0.717, 1.165) is 18.6 Å². The summed E-state index contributed by atoms with van der Waals surface area (Å²) >= 11 is 7.29. The zero-order chi connectivity index (χ0) is 10.4. The number of ether oxygens (including phenoxy) is 1. The highest BCUT2D eigenvalue weighted by molar-refractivity contribution is 9.10. The lowest BCUT2D eigenvalue weighted by Gasteiger charge is -2.05. The molecule has 0 N–H and O–H groups in total. The Hall–Kier alpha value is -0.220. The van der Waals surface area contributed by atoms with Crippen LogP contribution in [0, 0.1) is 5.82 Å². The summed E-state index contributed by atoms with van der Waals surface area (Å²) in [7, 11) is 0. The highest BCUT2D eigenvalue weighted by Crippen LogP contribution is 2.20. The molecule has 0 radical (unpaired) electrons. The zero-order valence-corrected chi connectivity index (χ0v) is 10.2. The van der Waals surface area contributed by atoms with Gasteiger partial charge >= 0.3 is 0 Å². The number of thiol groups is 1. The minimum absolute atomic E-state index is 0.288. The lowest BCUT2D eigenvalue weighted by atomic mass is 10.3. The number of rotatable bonds is 5. The fourth-order valence-corrected chi connectivity index (χ4v) is 1.68. The van der Waals surface area contributed by atoms with Gasteiger partial charge in [-0.2, -0.15) is 12.6 Å². The van der Waals surface area contributed by atoms with Crippen molar-refractivity contribution in [2.45, 2.75) is 12.8 Å². The van der Waals surface area contributed by atoms with Crippen molar-refractivity contribution >= 4 is 28.6 Å². The van der Waals surface area contributed by atoms with E-state index in [1.54, 1.807) is 6.07 Å². The third-order valence-electron chi connectivity index (χ3n) is 1.66.